The number of benzene rings is 1. The van der Waals surface area contributed by atoms with Gasteiger partial charge < -0.3 is 14.4 Å². The molecule has 1 N–H and O–H groups in total. The Kier molecular flexibility index (Phi) is 6.45. The molecule has 1 saturated heterocycles. The van der Waals surface area contributed by atoms with Crippen LogP contribution < -0.4 is 9.47 Å². The van der Waals surface area contributed by atoms with Gasteiger partial charge in [0, 0.05) is 43.9 Å². The number of pyridine rings is 1. The maximum atomic E-state index is 15.9. The van der Waals surface area contributed by atoms with Crippen molar-refractivity contribution in [3.63, 3.8) is 0 Å². The fraction of sp³-hybridized carbons (Fsp3) is 0.348. The van der Waals surface area contributed by atoms with Gasteiger partial charge in [-0.05, 0) is 43.2 Å². The van der Waals surface area contributed by atoms with Crippen molar-refractivity contribution in [2.24, 2.45) is 0 Å². The third kappa shape index (κ3) is 4.47. The van der Waals surface area contributed by atoms with Crippen LogP contribution in [0.1, 0.15) is 24.5 Å². The molecule has 0 aliphatic carbocycles. The molecule has 10 heteroatoms. The molecule has 2 aromatic heterocycles. The minimum atomic E-state index is -0.470. The number of likely N-dealkylation sites (tertiary alicyclic amines) is 1. The van der Waals surface area contributed by atoms with E-state index in [-0.39, 0.29) is 5.92 Å². The first-order valence-corrected chi connectivity index (χ1v) is 10.6. The highest BCUT2D eigenvalue weighted by Crippen LogP contribution is 2.36. The van der Waals surface area contributed by atoms with Gasteiger partial charge in [0.15, 0.2) is 5.82 Å². The summed E-state index contributed by atoms with van der Waals surface area (Å²) in [5.41, 5.74) is 1.90. The highest BCUT2D eigenvalue weighted by atomic mass is 19.1. The van der Waals surface area contributed by atoms with Crippen molar-refractivity contribution in [3.05, 3.63) is 54.1 Å². The number of carbonyl (C=O) groups excluding carboxylic acids is 1. The van der Waals surface area contributed by atoms with Gasteiger partial charge in [0.05, 0.1) is 19.9 Å². The largest absolute Gasteiger partial charge is 0.497 e. The van der Waals surface area contributed by atoms with E-state index in [4.69, 9.17) is 9.47 Å². The lowest BCUT2D eigenvalue weighted by Gasteiger charge is -2.32. The molecule has 0 unspecified atom stereocenters. The number of hydroxylamine groups is 2. The van der Waals surface area contributed by atoms with Gasteiger partial charge in [0.1, 0.15) is 17.1 Å². The Morgan fingerprint density at radius 1 is 1.12 bits per heavy atom. The molecular formula is C23H26FN5O4. The Bertz CT molecular complexity index is 1110. The molecule has 9 nitrogen and oxygen atoms in total. The van der Waals surface area contributed by atoms with Crippen LogP contribution in [0.5, 0.6) is 11.6 Å². The first-order chi connectivity index (χ1) is 15.9. The fourth-order valence-corrected chi connectivity index (χ4v) is 4.03. The summed E-state index contributed by atoms with van der Waals surface area (Å²) in [5, 5.41) is 14.6. The van der Waals surface area contributed by atoms with Crippen molar-refractivity contribution in [3.8, 4) is 28.6 Å². The van der Waals surface area contributed by atoms with Gasteiger partial charge in [0.2, 0.25) is 5.88 Å². The summed E-state index contributed by atoms with van der Waals surface area (Å²) in [7, 11) is 4.40. The van der Waals surface area contributed by atoms with Gasteiger partial charge in [-0.25, -0.2) is 23.9 Å². The summed E-state index contributed by atoms with van der Waals surface area (Å²) >= 11 is 0. The van der Waals surface area contributed by atoms with Gasteiger partial charge in [-0.15, -0.1) is 0 Å². The molecule has 1 aliphatic heterocycles. The maximum Gasteiger partial charge on any atom is 0.343 e. The number of nitrogens with zero attached hydrogens (tertiary/aromatic N) is 5. The summed E-state index contributed by atoms with van der Waals surface area (Å²) in [4.78, 5) is 17.8. The molecule has 3 heterocycles. The zero-order valence-electron chi connectivity index (χ0n) is 18.7. The first kappa shape index (κ1) is 22.5. The SMILES string of the molecule is COc1ccc(-n2nc(C3CCN(C(=O)N(C)O)CC3)c(F)c2-c2ccc(OC)nc2)cc1. The average Bonchev–Trinajstić information content (AvgIpc) is 3.20. The highest BCUT2D eigenvalue weighted by Gasteiger charge is 2.31. The minimum Gasteiger partial charge on any atom is -0.497 e. The lowest BCUT2D eigenvalue weighted by molar-refractivity contribution is -0.0357. The predicted octanol–water partition coefficient (Wildman–Crippen LogP) is 3.71. The van der Waals surface area contributed by atoms with Gasteiger partial charge in [-0.2, -0.15) is 5.10 Å². The van der Waals surface area contributed by atoms with E-state index in [2.05, 4.69) is 10.1 Å². The molecule has 2 amide bonds. The Morgan fingerprint density at radius 2 is 1.82 bits per heavy atom. The number of halogens is 1. The zero-order chi connectivity index (χ0) is 23.5. The van der Waals surface area contributed by atoms with Crippen LogP contribution in [0.4, 0.5) is 9.18 Å². The molecule has 0 saturated carbocycles. The summed E-state index contributed by atoms with van der Waals surface area (Å²) in [5.74, 6) is 0.537. The van der Waals surface area contributed by atoms with Crippen LogP contribution in [0, 0.1) is 5.82 Å². The van der Waals surface area contributed by atoms with Crippen molar-refractivity contribution < 1.29 is 23.9 Å². The normalized spacial score (nSPS) is 14.3. The third-order valence-electron chi connectivity index (χ3n) is 5.82. The fourth-order valence-electron chi connectivity index (χ4n) is 4.03. The summed E-state index contributed by atoms with van der Waals surface area (Å²) in [6.45, 7) is 0.811. The van der Waals surface area contributed by atoms with Crippen molar-refractivity contribution in [1.82, 2.24) is 24.7 Å². The quantitative estimate of drug-likeness (QED) is 0.466. The van der Waals surface area contributed by atoms with Crippen molar-refractivity contribution in [2.75, 3.05) is 34.4 Å². The van der Waals surface area contributed by atoms with Crippen LogP contribution in [-0.4, -0.2) is 70.3 Å². The van der Waals surface area contributed by atoms with E-state index in [1.807, 2.05) is 12.1 Å². The van der Waals surface area contributed by atoms with E-state index in [0.717, 1.165) is 0 Å². The summed E-state index contributed by atoms with van der Waals surface area (Å²) < 4.78 is 27.8. The van der Waals surface area contributed by atoms with Crippen molar-refractivity contribution in [2.45, 2.75) is 18.8 Å². The Labute approximate surface area is 190 Å². The number of aromatic nitrogens is 3. The molecule has 0 radical (unpaired) electrons. The van der Waals surface area contributed by atoms with Crippen LogP contribution in [0.3, 0.4) is 0 Å². The van der Waals surface area contributed by atoms with Gasteiger partial charge >= 0.3 is 6.03 Å². The zero-order valence-corrected chi connectivity index (χ0v) is 18.7. The Hall–Kier alpha value is -3.66. The molecular weight excluding hydrogens is 429 g/mol. The lowest BCUT2D eigenvalue weighted by Crippen LogP contribution is -2.43. The number of hydrogen-bond acceptors (Lipinski definition) is 6. The van der Waals surface area contributed by atoms with Crippen molar-refractivity contribution in [1.29, 1.82) is 0 Å². The number of rotatable bonds is 5. The molecule has 174 valence electrons. The average molecular weight is 455 g/mol. The Balaban J connectivity index is 1.71. The van der Waals surface area contributed by atoms with Crippen LogP contribution in [0.2, 0.25) is 0 Å². The third-order valence-corrected chi connectivity index (χ3v) is 5.82. The second-order valence-corrected chi connectivity index (χ2v) is 7.81. The highest BCUT2D eigenvalue weighted by molar-refractivity contribution is 5.73. The van der Waals surface area contributed by atoms with Gasteiger partial charge in [-0.1, -0.05) is 0 Å². The predicted molar refractivity (Wildman–Crippen MR) is 118 cm³/mol. The molecule has 1 aliphatic rings. The molecule has 4 rings (SSSR count). The van der Waals surface area contributed by atoms with E-state index in [1.54, 1.807) is 47.2 Å². The number of hydrogen-bond donors (Lipinski definition) is 1. The molecule has 0 atom stereocenters. The van der Waals surface area contributed by atoms with E-state index in [1.165, 1.54) is 14.2 Å². The van der Waals surface area contributed by atoms with Crippen LogP contribution in [0.25, 0.3) is 16.9 Å². The molecule has 1 fully saturated rings. The molecule has 1 aromatic carbocycles. The van der Waals surface area contributed by atoms with Crippen LogP contribution in [-0.2, 0) is 0 Å². The summed E-state index contributed by atoms with van der Waals surface area (Å²) in [6, 6.07) is 10.2. The molecule has 3 aromatic rings. The molecule has 0 spiro atoms. The summed E-state index contributed by atoms with van der Waals surface area (Å²) in [6.07, 6.45) is 2.63. The van der Waals surface area contributed by atoms with E-state index < -0.39 is 11.8 Å². The standard InChI is InChI=1S/C23H26FN5O4/c1-27(31)23(30)28-12-10-15(11-13-28)21-20(24)22(16-4-9-19(33-3)25-14-16)29(26-21)17-5-7-18(32-2)8-6-17/h4-9,14-15,31H,10-13H2,1-3H3. The van der Waals surface area contributed by atoms with E-state index in [9.17, 15) is 10.0 Å². The van der Waals surface area contributed by atoms with Crippen LogP contribution in [0.15, 0.2) is 42.6 Å². The second-order valence-electron chi connectivity index (χ2n) is 7.81. The first-order valence-electron chi connectivity index (χ1n) is 10.6. The number of ether oxygens (including phenoxy) is 2. The number of piperidine rings is 1. The van der Waals surface area contributed by atoms with E-state index in [0.29, 0.717) is 65.3 Å². The lowest BCUT2D eigenvalue weighted by atomic mass is 9.93. The number of urea groups is 1. The number of amides is 2. The van der Waals surface area contributed by atoms with Gasteiger partial charge in [-0.3, -0.25) is 5.21 Å². The maximum absolute atomic E-state index is 15.9. The van der Waals surface area contributed by atoms with Crippen molar-refractivity contribution >= 4 is 6.03 Å². The Morgan fingerprint density at radius 3 is 2.36 bits per heavy atom. The smallest absolute Gasteiger partial charge is 0.343 e. The van der Waals surface area contributed by atoms with Crippen LogP contribution >= 0.6 is 0 Å². The topological polar surface area (TPSA) is 93.0 Å². The molecule has 0 bridgehead atoms. The monoisotopic (exact) mass is 455 g/mol. The molecule has 33 heavy (non-hydrogen) atoms. The van der Waals surface area contributed by atoms with E-state index >= 15 is 4.39 Å². The van der Waals surface area contributed by atoms with Gasteiger partial charge in [0.25, 0.3) is 0 Å². The number of carbonyl (C=O) groups is 1. The second kappa shape index (κ2) is 9.45. The number of methoxy groups -OCH3 is 2. The minimum absolute atomic E-state index is 0.164.